The molecular formula is C25H18. The van der Waals surface area contributed by atoms with Crippen molar-refractivity contribution < 1.29 is 0 Å². The highest BCUT2D eigenvalue weighted by Crippen LogP contribution is 2.34. The van der Waals surface area contributed by atoms with Gasteiger partial charge in [0.15, 0.2) is 0 Å². The molecule has 0 heterocycles. The molecule has 0 heteroatoms. The lowest BCUT2D eigenvalue weighted by molar-refractivity contribution is 1.47. The van der Waals surface area contributed by atoms with E-state index in [1.165, 1.54) is 49.0 Å². The molecule has 0 aliphatic rings. The Morgan fingerprint density at radius 3 is 1.76 bits per heavy atom. The van der Waals surface area contributed by atoms with Gasteiger partial charge in [-0.1, -0.05) is 66.7 Å². The molecule has 0 radical (unpaired) electrons. The lowest BCUT2D eigenvalue weighted by atomic mass is 9.92. The number of aryl methyl sites for hydroxylation is 1. The van der Waals surface area contributed by atoms with Crippen LogP contribution in [0.15, 0.2) is 91.0 Å². The minimum Gasteiger partial charge on any atom is -0.0620 e. The van der Waals surface area contributed by atoms with Crippen molar-refractivity contribution in [1.29, 1.82) is 0 Å². The van der Waals surface area contributed by atoms with E-state index in [0.29, 0.717) is 0 Å². The van der Waals surface area contributed by atoms with Crippen LogP contribution in [-0.2, 0) is 0 Å². The minimum atomic E-state index is 1.29. The van der Waals surface area contributed by atoms with E-state index in [0.717, 1.165) is 0 Å². The van der Waals surface area contributed by atoms with Crippen molar-refractivity contribution in [1.82, 2.24) is 0 Å². The molecule has 0 unspecified atom stereocenters. The molecule has 0 aliphatic heterocycles. The first-order chi connectivity index (χ1) is 12.3. The van der Waals surface area contributed by atoms with Crippen molar-refractivity contribution >= 4 is 32.3 Å². The molecule has 0 N–H and O–H groups in total. The molecule has 5 rings (SSSR count). The summed E-state index contributed by atoms with van der Waals surface area (Å²) in [7, 11) is 0. The molecule has 5 aromatic carbocycles. The molecule has 5 aromatic rings. The summed E-state index contributed by atoms with van der Waals surface area (Å²) in [6.45, 7) is 2.18. The molecule has 118 valence electrons. The van der Waals surface area contributed by atoms with Gasteiger partial charge in [0.05, 0.1) is 0 Å². The van der Waals surface area contributed by atoms with Crippen LogP contribution in [0.25, 0.3) is 43.4 Å². The second-order valence-corrected chi connectivity index (χ2v) is 6.74. The van der Waals surface area contributed by atoms with Gasteiger partial charge < -0.3 is 0 Å². The van der Waals surface area contributed by atoms with Gasteiger partial charge in [0.2, 0.25) is 0 Å². The first-order valence-electron chi connectivity index (χ1n) is 8.71. The topological polar surface area (TPSA) is 0 Å². The summed E-state index contributed by atoms with van der Waals surface area (Å²) in [6, 6.07) is 33.1. The predicted molar refractivity (Wildman–Crippen MR) is 109 cm³/mol. The number of benzene rings is 5. The Kier molecular flexibility index (Phi) is 3.11. The lowest BCUT2D eigenvalue weighted by Crippen LogP contribution is -1.86. The van der Waals surface area contributed by atoms with Crippen molar-refractivity contribution in [2.75, 3.05) is 0 Å². The normalized spacial score (nSPS) is 11.4. The van der Waals surface area contributed by atoms with E-state index in [-0.39, 0.29) is 0 Å². The van der Waals surface area contributed by atoms with E-state index in [4.69, 9.17) is 0 Å². The highest BCUT2D eigenvalue weighted by atomic mass is 14.1. The van der Waals surface area contributed by atoms with Crippen LogP contribution in [0.4, 0.5) is 0 Å². The van der Waals surface area contributed by atoms with Crippen LogP contribution >= 0.6 is 0 Å². The fraction of sp³-hybridized carbons (Fsp3) is 0.0400. The largest absolute Gasteiger partial charge is 0.0620 e. The number of rotatable bonds is 1. The molecule has 0 amide bonds. The van der Waals surface area contributed by atoms with E-state index in [9.17, 15) is 0 Å². The molecule has 0 aromatic heterocycles. The number of hydrogen-bond acceptors (Lipinski definition) is 0. The molecule has 0 aliphatic carbocycles. The van der Waals surface area contributed by atoms with Crippen molar-refractivity contribution in [3.8, 4) is 11.1 Å². The average molecular weight is 318 g/mol. The zero-order valence-corrected chi connectivity index (χ0v) is 14.2. The summed E-state index contributed by atoms with van der Waals surface area (Å²) in [4.78, 5) is 0. The van der Waals surface area contributed by atoms with E-state index < -0.39 is 0 Å². The minimum absolute atomic E-state index is 1.29. The van der Waals surface area contributed by atoms with Crippen LogP contribution in [0.1, 0.15) is 5.56 Å². The predicted octanol–water partition coefficient (Wildman–Crippen LogP) is 7.12. The smallest absolute Gasteiger partial charge is 0.00989 e. The Morgan fingerprint density at radius 2 is 1.00 bits per heavy atom. The third kappa shape index (κ3) is 2.30. The number of hydrogen-bond donors (Lipinski definition) is 0. The molecule has 0 saturated heterocycles. The zero-order chi connectivity index (χ0) is 16.8. The van der Waals surface area contributed by atoms with E-state index in [2.05, 4.69) is 97.9 Å². The van der Waals surface area contributed by atoms with E-state index in [1.54, 1.807) is 0 Å². The Morgan fingerprint density at radius 1 is 0.440 bits per heavy atom. The summed E-state index contributed by atoms with van der Waals surface area (Å²) in [5.74, 6) is 0. The molecule has 0 atom stereocenters. The molecule has 0 spiro atoms. The van der Waals surface area contributed by atoms with Gasteiger partial charge in [-0.3, -0.25) is 0 Å². The van der Waals surface area contributed by atoms with E-state index >= 15 is 0 Å². The average Bonchev–Trinajstić information content (AvgIpc) is 2.65. The second-order valence-electron chi connectivity index (χ2n) is 6.74. The maximum Gasteiger partial charge on any atom is -0.00989 e. The van der Waals surface area contributed by atoms with Crippen LogP contribution in [0.2, 0.25) is 0 Å². The van der Waals surface area contributed by atoms with E-state index in [1.807, 2.05) is 0 Å². The summed E-state index contributed by atoms with van der Waals surface area (Å²) in [5.41, 5.74) is 3.94. The van der Waals surface area contributed by atoms with Crippen molar-refractivity contribution in [3.05, 3.63) is 96.6 Å². The van der Waals surface area contributed by atoms with Crippen molar-refractivity contribution in [3.63, 3.8) is 0 Å². The van der Waals surface area contributed by atoms with Gasteiger partial charge in [0.25, 0.3) is 0 Å². The molecule has 25 heavy (non-hydrogen) atoms. The molecule has 0 saturated carbocycles. The van der Waals surface area contributed by atoms with Crippen LogP contribution in [0.3, 0.4) is 0 Å². The van der Waals surface area contributed by atoms with Crippen molar-refractivity contribution in [2.45, 2.75) is 6.92 Å². The lowest BCUT2D eigenvalue weighted by Gasteiger charge is -2.11. The molecule has 0 fully saturated rings. The van der Waals surface area contributed by atoms with Gasteiger partial charge >= 0.3 is 0 Å². The van der Waals surface area contributed by atoms with Gasteiger partial charge in [0.1, 0.15) is 0 Å². The quantitative estimate of drug-likeness (QED) is 0.289. The summed E-state index contributed by atoms with van der Waals surface area (Å²) in [6.07, 6.45) is 0. The van der Waals surface area contributed by atoms with Crippen LogP contribution in [-0.4, -0.2) is 0 Å². The zero-order valence-electron chi connectivity index (χ0n) is 14.2. The maximum absolute atomic E-state index is 2.35. The third-order valence-corrected chi connectivity index (χ3v) is 5.14. The molecular weight excluding hydrogens is 300 g/mol. The van der Waals surface area contributed by atoms with Gasteiger partial charge in [-0.15, -0.1) is 0 Å². The number of fused-ring (bicyclic) bond motifs is 3. The van der Waals surface area contributed by atoms with Crippen LogP contribution in [0, 0.1) is 6.92 Å². The molecule has 0 nitrogen and oxygen atoms in total. The molecule has 0 bridgehead atoms. The summed E-state index contributed by atoms with van der Waals surface area (Å²) in [5, 5.41) is 7.80. The van der Waals surface area contributed by atoms with Crippen molar-refractivity contribution in [2.24, 2.45) is 0 Å². The fourth-order valence-corrected chi connectivity index (χ4v) is 3.83. The monoisotopic (exact) mass is 318 g/mol. The van der Waals surface area contributed by atoms with Gasteiger partial charge in [-0.2, -0.15) is 0 Å². The van der Waals surface area contributed by atoms with Gasteiger partial charge in [-0.25, -0.2) is 0 Å². The SMILES string of the molecule is Cc1ccccc1-c1cccc2cc3cc4ccccc4cc3cc12. The Balaban J connectivity index is 1.87. The first-order valence-corrected chi connectivity index (χ1v) is 8.71. The fourth-order valence-electron chi connectivity index (χ4n) is 3.83. The second kappa shape index (κ2) is 5.46. The Bertz CT molecular complexity index is 1250. The third-order valence-electron chi connectivity index (χ3n) is 5.14. The standard InChI is InChI=1S/C25H18/c1-17-7-2-5-11-23(17)24-12-6-10-20-15-21-13-18-8-3-4-9-19(18)14-22(21)16-25(20)24/h2-16H,1H3. The van der Waals surface area contributed by atoms with Gasteiger partial charge in [0, 0.05) is 0 Å². The highest BCUT2D eigenvalue weighted by Gasteiger charge is 2.08. The Labute approximate surface area is 147 Å². The van der Waals surface area contributed by atoms with Crippen LogP contribution < -0.4 is 0 Å². The van der Waals surface area contributed by atoms with Crippen LogP contribution in [0.5, 0.6) is 0 Å². The summed E-state index contributed by atoms with van der Waals surface area (Å²) >= 11 is 0. The highest BCUT2D eigenvalue weighted by molar-refractivity contribution is 6.08. The Hall–Kier alpha value is -3.12. The maximum atomic E-state index is 2.35. The summed E-state index contributed by atoms with van der Waals surface area (Å²) < 4.78 is 0. The van der Waals surface area contributed by atoms with Gasteiger partial charge in [-0.05, 0) is 80.2 Å². The first kappa shape index (κ1) is 14.2.